The Bertz CT molecular complexity index is 2400. The molecule has 6 aromatic carbocycles. The van der Waals surface area contributed by atoms with Crippen LogP contribution in [-0.4, -0.2) is 0 Å². The lowest BCUT2D eigenvalue weighted by atomic mass is 9.48. The van der Waals surface area contributed by atoms with Gasteiger partial charge in [-0.2, -0.15) is 0 Å². The fraction of sp³-hybridized carbons (Fsp3) is 0.308. The number of anilines is 3. The van der Waals surface area contributed by atoms with Gasteiger partial charge in [-0.3, -0.25) is 0 Å². The topological polar surface area (TPSA) is 3.24 Å². The summed E-state index contributed by atoms with van der Waals surface area (Å²) in [5, 5.41) is 2.70. The van der Waals surface area contributed by atoms with Gasteiger partial charge in [-0.1, -0.05) is 116 Å². The van der Waals surface area contributed by atoms with Crippen molar-refractivity contribution in [3.05, 3.63) is 162 Å². The lowest BCUT2D eigenvalue weighted by Crippen LogP contribution is -2.48. The predicted octanol–water partition coefficient (Wildman–Crippen LogP) is 14.9. The molecule has 5 fully saturated rings. The summed E-state index contributed by atoms with van der Waals surface area (Å²) in [4.78, 5) is 2.53. The molecule has 268 valence electrons. The van der Waals surface area contributed by atoms with Gasteiger partial charge in [0.05, 0.1) is 0 Å². The highest BCUT2D eigenvalue weighted by Crippen LogP contribution is 2.61. The van der Waals surface area contributed by atoms with Crippen LogP contribution in [0.4, 0.5) is 17.1 Å². The Labute approximate surface area is 324 Å². The van der Waals surface area contributed by atoms with E-state index >= 15 is 0 Å². The molecule has 0 radical (unpaired) electrons. The summed E-state index contributed by atoms with van der Waals surface area (Å²) in [7, 11) is 0. The highest BCUT2D eigenvalue weighted by atomic mass is 32.1. The zero-order valence-corrected chi connectivity index (χ0v) is 32.0. The van der Waals surface area contributed by atoms with Crippen LogP contribution in [0, 0.1) is 17.8 Å². The SMILES string of the molecule is c1ccc(-c2cccc3sc4ccc(N(c5ccc(C67CC8CC(CC(C8)C6)C7)cc5)c5ccc(C6(c7ccccc7)CCCCC6)cc5)cc4c23)cc1. The number of thiophene rings is 1. The maximum atomic E-state index is 2.53. The van der Waals surface area contributed by atoms with Crippen LogP contribution in [0.3, 0.4) is 0 Å². The number of rotatable bonds is 7. The average molecular weight is 720 g/mol. The van der Waals surface area contributed by atoms with Crippen molar-refractivity contribution < 1.29 is 0 Å². The van der Waals surface area contributed by atoms with Crippen LogP contribution in [0.25, 0.3) is 31.3 Å². The van der Waals surface area contributed by atoms with E-state index in [1.54, 1.807) is 5.56 Å². The molecule has 5 saturated carbocycles. The lowest BCUT2D eigenvalue weighted by Gasteiger charge is -2.57. The van der Waals surface area contributed by atoms with Crippen LogP contribution in [0.15, 0.2) is 146 Å². The Morgan fingerprint density at radius 3 is 1.70 bits per heavy atom. The van der Waals surface area contributed by atoms with E-state index in [-0.39, 0.29) is 5.41 Å². The smallest absolute Gasteiger partial charge is 0.0468 e. The molecule has 1 heterocycles. The fourth-order valence-electron chi connectivity index (χ4n) is 12.3. The molecule has 0 unspecified atom stereocenters. The van der Waals surface area contributed by atoms with Crippen LogP contribution in [0.5, 0.6) is 0 Å². The van der Waals surface area contributed by atoms with E-state index in [2.05, 4.69) is 150 Å². The minimum Gasteiger partial charge on any atom is -0.310 e. The average Bonchev–Trinajstić information content (AvgIpc) is 3.60. The summed E-state index contributed by atoms with van der Waals surface area (Å²) < 4.78 is 2.68. The van der Waals surface area contributed by atoms with Gasteiger partial charge in [-0.15, -0.1) is 11.3 Å². The fourth-order valence-corrected chi connectivity index (χ4v) is 13.4. The van der Waals surface area contributed by atoms with E-state index < -0.39 is 0 Å². The molecule has 54 heavy (non-hydrogen) atoms. The molecule has 0 N–H and O–H groups in total. The van der Waals surface area contributed by atoms with E-state index in [1.807, 2.05) is 11.3 Å². The zero-order chi connectivity index (χ0) is 35.7. The van der Waals surface area contributed by atoms with Gasteiger partial charge in [0.1, 0.15) is 0 Å². The first-order valence-electron chi connectivity index (χ1n) is 20.7. The normalized spacial score (nSPS) is 24.3. The zero-order valence-electron chi connectivity index (χ0n) is 31.2. The minimum atomic E-state index is 0.0880. The largest absolute Gasteiger partial charge is 0.310 e. The number of hydrogen-bond acceptors (Lipinski definition) is 2. The second kappa shape index (κ2) is 13.0. The molecule has 0 atom stereocenters. The Hall–Kier alpha value is -4.66. The molecule has 7 aromatic rings. The molecule has 4 bridgehead atoms. The van der Waals surface area contributed by atoms with Gasteiger partial charge in [0, 0.05) is 42.6 Å². The Balaban J connectivity index is 1.04. The number of hydrogen-bond donors (Lipinski definition) is 0. The molecule has 1 nitrogen and oxygen atoms in total. The molecule has 0 aliphatic heterocycles. The maximum absolute atomic E-state index is 2.53. The lowest BCUT2D eigenvalue weighted by molar-refractivity contribution is -0.00518. The van der Waals surface area contributed by atoms with Crippen LogP contribution in [0.2, 0.25) is 0 Å². The first-order chi connectivity index (χ1) is 26.6. The second-order valence-electron chi connectivity index (χ2n) is 17.5. The predicted molar refractivity (Wildman–Crippen MR) is 230 cm³/mol. The van der Waals surface area contributed by atoms with Crippen molar-refractivity contribution in [1.29, 1.82) is 0 Å². The first-order valence-corrected chi connectivity index (χ1v) is 21.5. The Kier molecular flexibility index (Phi) is 7.87. The number of benzene rings is 6. The molecule has 0 spiro atoms. The maximum Gasteiger partial charge on any atom is 0.0468 e. The summed E-state index contributed by atoms with van der Waals surface area (Å²) in [5.41, 5.74) is 11.3. The van der Waals surface area contributed by atoms with E-state index in [0.717, 1.165) is 17.8 Å². The molecular weight excluding hydrogens is 671 g/mol. The van der Waals surface area contributed by atoms with E-state index in [1.165, 1.54) is 130 Å². The Morgan fingerprint density at radius 2 is 1.06 bits per heavy atom. The Morgan fingerprint density at radius 1 is 0.481 bits per heavy atom. The van der Waals surface area contributed by atoms with Crippen molar-refractivity contribution in [3.8, 4) is 11.1 Å². The van der Waals surface area contributed by atoms with Crippen molar-refractivity contribution in [2.45, 2.75) is 81.5 Å². The first kappa shape index (κ1) is 32.7. The van der Waals surface area contributed by atoms with E-state index in [4.69, 9.17) is 0 Å². The summed E-state index contributed by atoms with van der Waals surface area (Å²) in [5.74, 6) is 2.84. The molecular formula is C52H49NS. The standard InChI is InChI=1S/C52H49NS/c1-4-11-39(12-5-1)46-15-10-16-49-50(46)47-32-45(25-26-48(47)54-49)53(43-21-17-40(18-22-43)51-33-36-29-37(34-51)31-38(30-36)35-51)44-23-19-42(20-24-44)52(27-8-3-9-28-52)41-13-6-2-7-14-41/h1-2,4-7,10-26,32,36-38H,3,8-9,27-31,33-35H2. The molecule has 5 aliphatic rings. The molecule has 2 heteroatoms. The quantitative estimate of drug-likeness (QED) is 0.159. The van der Waals surface area contributed by atoms with Gasteiger partial charge in [0.15, 0.2) is 0 Å². The third kappa shape index (κ3) is 5.39. The van der Waals surface area contributed by atoms with Crippen molar-refractivity contribution in [2.75, 3.05) is 4.90 Å². The summed E-state index contributed by atoms with van der Waals surface area (Å²) in [6, 6.07) is 55.9. The second-order valence-corrected chi connectivity index (χ2v) is 18.5. The minimum absolute atomic E-state index is 0.0880. The van der Waals surface area contributed by atoms with Gasteiger partial charge in [-0.05, 0) is 151 Å². The van der Waals surface area contributed by atoms with E-state index in [9.17, 15) is 0 Å². The van der Waals surface area contributed by atoms with Crippen LogP contribution < -0.4 is 4.90 Å². The van der Waals surface area contributed by atoms with Gasteiger partial charge < -0.3 is 4.90 Å². The molecule has 0 amide bonds. The molecule has 0 saturated heterocycles. The third-order valence-electron chi connectivity index (χ3n) is 14.3. The van der Waals surface area contributed by atoms with Crippen LogP contribution in [0.1, 0.15) is 87.3 Å². The van der Waals surface area contributed by atoms with Crippen LogP contribution in [-0.2, 0) is 10.8 Å². The highest BCUT2D eigenvalue weighted by Gasteiger charge is 2.51. The summed E-state index contributed by atoms with van der Waals surface area (Å²) in [6.45, 7) is 0. The molecule has 5 aliphatic carbocycles. The van der Waals surface area contributed by atoms with Crippen molar-refractivity contribution in [1.82, 2.24) is 0 Å². The number of nitrogens with zero attached hydrogens (tertiary/aromatic N) is 1. The molecule has 1 aromatic heterocycles. The van der Waals surface area contributed by atoms with Crippen molar-refractivity contribution in [3.63, 3.8) is 0 Å². The van der Waals surface area contributed by atoms with Gasteiger partial charge in [0.25, 0.3) is 0 Å². The van der Waals surface area contributed by atoms with Crippen molar-refractivity contribution in [2.24, 2.45) is 17.8 Å². The van der Waals surface area contributed by atoms with Gasteiger partial charge in [-0.25, -0.2) is 0 Å². The molecule has 12 rings (SSSR count). The third-order valence-corrected chi connectivity index (χ3v) is 15.4. The summed E-state index contributed by atoms with van der Waals surface area (Å²) in [6.07, 6.45) is 15.0. The summed E-state index contributed by atoms with van der Waals surface area (Å²) >= 11 is 1.91. The number of fused-ring (bicyclic) bond motifs is 3. The van der Waals surface area contributed by atoms with Crippen LogP contribution >= 0.6 is 11.3 Å². The van der Waals surface area contributed by atoms with E-state index in [0.29, 0.717) is 5.41 Å². The monoisotopic (exact) mass is 719 g/mol. The highest BCUT2D eigenvalue weighted by molar-refractivity contribution is 7.26. The van der Waals surface area contributed by atoms with Crippen molar-refractivity contribution >= 4 is 48.6 Å². The van der Waals surface area contributed by atoms with Gasteiger partial charge in [0.2, 0.25) is 0 Å². The van der Waals surface area contributed by atoms with Gasteiger partial charge >= 0.3 is 0 Å².